The maximum Gasteiger partial charge on any atom is 0.261 e. The second-order valence-corrected chi connectivity index (χ2v) is 7.11. The van der Waals surface area contributed by atoms with E-state index in [2.05, 4.69) is 34.6 Å². The molecule has 2 aromatic heterocycles. The van der Waals surface area contributed by atoms with E-state index in [-0.39, 0.29) is 5.91 Å². The van der Waals surface area contributed by atoms with Gasteiger partial charge in [-0.05, 0) is 49.4 Å². The van der Waals surface area contributed by atoms with E-state index in [9.17, 15) is 4.79 Å². The normalized spacial score (nSPS) is 12.6. The van der Waals surface area contributed by atoms with Gasteiger partial charge in [0, 0.05) is 4.88 Å². The van der Waals surface area contributed by atoms with Crippen molar-refractivity contribution in [3.63, 3.8) is 0 Å². The molecule has 0 aliphatic heterocycles. The predicted octanol–water partition coefficient (Wildman–Crippen LogP) is 4.05. The Hall–Kier alpha value is -2.40. The fourth-order valence-electron chi connectivity index (χ4n) is 3.04. The van der Waals surface area contributed by atoms with Crippen molar-refractivity contribution >= 4 is 17.2 Å². The van der Waals surface area contributed by atoms with Gasteiger partial charge in [0.25, 0.3) is 5.91 Å². The van der Waals surface area contributed by atoms with Crippen LogP contribution in [0.25, 0.3) is 10.4 Å². The van der Waals surface area contributed by atoms with Crippen molar-refractivity contribution in [3.05, 3.63) is 63.7 Å². The summed E-state index contributed by atoms with van der Waals surface area (Å²) in [7, 11) is 0. The van der Waals surface area contributed by atoms with Crippen LogP contribution in [0.2, 0.25) is 0 Å². The number of nitrogens with one attached hydrogen (secondary N) is 1. The molecule has 1 amide bonds. The smallest absolute Gasteiger partial charge is 0.261 e. The minimum absolute atomic E-state index is 0.0691. The van der Waals surface area contributed by atoms with Crippen molar-refractivity contribution in [3.8, 4) is 10.4 Å². The molecule has 0 spiro atoms. The first kappa shape index (κ1) is 15.1. The van der Waals surface area contributed by atoms with Crippen molar-refractivity contribution in [1.29, 1.82) is 0 Å². The molecule has 0 atom stereocenters. The van der Waals surface area contributed by atoms with Crippen LogP contribution in [0.15, 0.2) is 34.7 Å². The Labute approximate surface area is 144 Å². The van der Waals surface area contributed by atoms with Crippen LogP contribution < -0.4 is 5.32 Å². The molecule has 0 radical (unpaired) electrons. The van der Waals surface area contributed by atoms with Gasteiger partial charge in [0.2, 0.25) is 5.89 Å². The number of hydrogen-bond donors (Lipinski definition) is 1. The third kappa shape index (κ3) is 2.65. The van der Waals surface area contributed by atoms with Gasteiger partial charge >= 0.3 is 0 Å². The molecule has 0 saturated heterocycles. The first-order valence-corrected chi connectivity index (χ1v) is 8.85. The van der Waals surface area contributed by atoms with Crippen molar-refractivity contribution in [2.75, 3.05) is 0 Å². The number of rotatable bonds is 3. The van der Waals surface area contributed by atoms with E-state index in [1.165, 1.54) is 21.6 Å². The zero-order valence-corrected chi connectivity index (χ0v) is 14.5. The molecule has 0 bridgehead atoms. The van der Waals surface area contributed by atoms with Crippen LogP contribution in [0.3, 0.4) is 0 Å². The number of oxazole rings is 1. The highest BCUT2D eigenvalue weighted by Crippen LogP contribution is 2.39. The Kier molecular flexibility index (Phi) is 3.73. The molecule has 1 aromatic carbocycles. The first-order chi connectivity index (χ1) is 11.6. The van der Waals surface area contributed by atoms with Crippen LogP contribution in [0.5, 0.6) is 0 Å². The molecule has 1 aliphatic rings. The quantitative estimate of drug-likeness (QED) is 0.784. The van der Waals surface area contributed by atoms with Crippen LogP contribution in [-0.2, 0) is 19.4 Å². The average molecular weight is 338 g/mol. The number of amides is 1. The molecule has 0 unspecified atom stereocenters. The Morgan fingerprint density at radius 3 is 2.83 bits per heavy atom. The van der Waals surface area contributed by atoms with E-state index < -0.39 is 0 Å². The van der Waals surface area contributed by atoms with Crippen molar-refractivity contribution in [1.82, 2.24) is 10.3 Å². The van der Waals surface area contributed by atoms with E-state index in [1.807, 2.05) is 19.9 Å². The number of carbonyl (C=O) groups excluding carboxylic acids is 1. The second kappa shape index (κ2) is 5.91. The molecule has 0 saturated carbocycles. The number of hydrogen-bond acceptors (Lipinski definition) is 4. The summed E-state index contributed by atoms with van der Waals surface area (Å²) in [5, 5.41) is 2.90. The average Bonchev–Trinajstić information content (AvgIpc) is 3.16. The molecule has 1 aliphatic carbocycles. The molecule has 3 aromatic rings. The largest absolute Gasteiger partial charge is 0.444 e. The molecule has 5 heteroatoms. The van der Waals surface area contributed by atoms with Crippen molar-refractivity contribution in [2.24, 2.45) is 0 Å². The molecule has 122 valence electrons. The minimum atomic E-state index is -0.0691. The first-order valence-electron chi connectivity index (χ1n) is 8.04. The van der Waals surface area contributed by atoms with Crippen LogP contribution in [-0.4, -0.2) is 10.9 Å². The summed E-state index contributed by atoms with van der Waals surface area (Å²) in [5.41, 5.74) is 4.76. The SMILES string of the molecule is Cc1nc(CNC(=O)c2cc3c(s2)-c2ccccc2CC3)oc1C. The summed E-state index contributed by atoms with van der Waals surface area (Å²) < 4.78 is 5.51. The Morgan fingerprint density at radius 2 is 2.04 bits per heavy atom. The van der Waals surface area contributed by atoms with Gasteiger partial charge < -0.3 is 9.73 Å². The van der Waals surface area contributed by atoms with E-state index in [0.29, 0.717) is 12.4 Å². The summed E-state index contributed by atoms with van der Waals surface area (Å²) in [6, 6.07) is 10.5. The standard InChI is InChI=1S/C19H18N2O2S/c1-11-12(2)23-17(21-11)10-20-19(22)16-9-14-8-7-13-5-3-4-6-15(13)18(14)24-16/h3-6,9H,7-8,10H2,1-2H3,(H,20,22). The van der Waals surface area contributed by atoms with Crippen molar-refractivity contribution in [2.45, 2.75) is 33.2 Å². The fraction of sp³-hybridized carbons (Fsp3) is 0.263. The van der Waals surface area contributed by atoms with Gasteiger partial charge in [-0.2, -0.15) is 0 Å². The van der Waals surface area contributed by atoms with Crippen LogP contribution >= 0.6 is 11.3 Å². The van der Waals surface area contributed by atoms with Gasteiger partial charge in [0.05, 0.1) is 17.1 Å². The van der Waals surface area contributed by atoms with Gasteiger partial charge in [-0.1, -0.05) is 24.3 Å². The lowest BCUT2D eigenvalue weighted by atomic mass is 9.91. The third-order valence-corrected chi connectivity index (χ3v) is 5.64. The van der Waals surface area contributed by atoms with E-state index in [4.69, 9.17) is 4.42 Å². The topological polar surface area (TPSA) is 55.1 Å². The number of aromatic nitrogens is 1. The molecule has 0 fully saturated rings. The van der Waals surface area contributed by atoms with Gasteiger partial charge in [-0.15, -0.1) is 11.3 Å². The van der Waals surface area contributed by atoms with Crippen LogP contribution in [0.1, 0.15) is 38.1 Å². The second-order valence-electron chi connectivity index (χ2n) is 6.05. The number of benzene rings is 1. The highest BCUT2D eigenvalue weighted by Gasteiger charge is 2.21. The van der Waals surface area contributed by atoms with E-state index >= 15 is 0 Å². The minimum Gasteiger partial charge on any atom is -0.444 e. The van der Waals surface area contributed by atoms with Gasteiger partial charge in [0.1, 0.15) is 5.76 Å². The lowest BCUT2D eigenvalue weighted by Gasteiger charge is -2.15. The summed E-state index contributed by atoms with van der Waals surface area (Å²) in [6.07, 6.45) is 2.03. The zero-order valence-electron chi connectivity index (χ0n) is 13.7. The lowest BCUT2D eigenvalue weighted by Crippen LogP contribution is -2.21. The maximum absolute atomic E-state index is 12.5. The molecule has 4 nitrogen and oxygen atoms in total. The fourth-order valence-corrected chi connectivity index (χ4v) is 4.23. The summed E-state index contributed by atoms with van der Waals surface area (Å²) >= 11 is 1.57. The Morgan fingerprint density at radius 1 is 1.25 bits per heavy atom. The number of fused-ring (bicyclic) bond motifs is 3. The Bertz CT molecular complexity index is 904. The van der Waals surface area contributed by atoms with E-state index in [1.54, 1.807) is 11.3 Å². The monoisotopic (exact) mass is 338 g/mol. The lowest BCUT2D eigenvalue weighted by molar-refractivity contribution is 0.0951. The van der Waals surface area contributed by atoms with Crippen LogP contribution in [0, 0.1) is 13.8 Å². The summed E-state index contributed by atoms with van der Waals surface area (Å²) in [6.45, 7) is 4.08. The number of thiophene rings is 1. The molecule has 1 N–H and O–H groups in total. The third-order valence-electron chi connectivity index (χ3n) is 4.43. The highest BCUT2D eigenvalue weighted by atomic mass is 32.1. The predicted molar refractivity (Wildman–Crippen MR) is 94.3 cm³/mol. The highest BCUT2D eigenvalue weighted by molar-refractivity contribution is 7.17. The molecule has 4 rings (SSSR count). The van der Waals surface area contributed by atoms with Gasteiger partial charge in [-0.25, -0.2) is 4.98 Å². The maximum atomic E-state index is 12.5. The van der Waals surface area contributed by atoms with Crippen molar-refractivity contribution < 1.29 is 9.21 Å². The van der Waals surface area contributed by atoms with Crippen LogP contribution in [0.4, 0.5) is 0 Å². The Balaban J connectivity index is 1.53. The molecular formula is C19H18N2O2S. The van der Waals surface area contributed by atoms with Gasteiger partial charge in [-0.3, -0.25) is 4.79 Å². The number of nitrogens with zero attached hydrogens (tertiary/aromatic N) is 1. The summed E-state index contributed by atoms with van der Waals surface area (Å²) in [4.78, 5) is 18.7. The summed E-state index contributed by atoms with van der Waals surface area (Å²) in [5.74, 6) is 1.27. The molecule has 24 heavy (non-hydrogen) atoms. The van der Waals surface area contributed by atoms with Gasteiger partial charge in [0.15, 0.2) is 0 Å². The number of carbonyl (C=O) groups is 1. The molecule has 2 heterocycles. The zero-order chi connectivity index (χ0) is 16.7. The number of aryl methyl sites for hydroxylation is 4. The van der Waals surface area contributed by atoms with E-state index in [0.717, 1.165) is 29.2 Å². The molecular weight excluding hydrogens is 320 g/mol.